The summed E-state index contributed by atoms with van der Waals surface area (Å²) in [5.41, 5.74) is 0.942. The normalized spacial score (nSPS) is 16.1. The minimum absolute atomic E-state index is 0.167. The van der Waals surface area contributed by atoms with E-state index < -0.39 is 0 Å². The van der Waals surface area contributed by atoms with Crippen LogP contribution in [0.2, 0.25) is 0 Å². The van der Waals surface area contributed by atoms with E-state index in [2.05, 4.69) is 20.8 Å². The topological polar surface area (TPSA) is 73.0 Å². The van der Waals surface area contributed by atoms with Crippen LogP contribution < -0.4 is 9.47 Å². The zero-order chi connectivity index (χ0) is 18.5. The Balaban J connectivity index is 2.04. The molecule has 1 fully saturated rings. The van der Waals surface area contributed by atoms with Gasteiger partial charge in [-0.05, 0) is 38.0 Å². The van der Waals surface area contributed by atoms with E-state index in [-0.39, 0.29) is 5.25 Å². The van der Waals surface area contributed by atoms with Crippen molar-refractivity contribution >= 4 is 11.8 Å². The molecule has 3 rings (SSSR count). The molecule has 1 aliphatic rings. The summed E-state index contributed by atoms with van der Waals surface area (Å²) in [6, 6.07) is 8.44. The minimum atomic E-state index is -0.167. The first-order valence-electron chi connectivity index (χ1n) is 8.91. The van der Waals surface area contributed by atoms with Crippen molar-refractivity contribution in [1.82, 2.24) is 14.8 Å². The summed E-state index contributed by atoms with van der Waals surface area (Å²) in [7, 11) is 3.25. The molecule has 1 saturated carbocycles. The molecule has 0 N–H and O–H groups in total. The van der Waals surface area contributed by atoms with E-state index in [0.29, 0.717) is 17.5 Å². The molecule has 2 aromatic rings. The van der Waals surface area contributed by atoms with Crippen LogP contribution in [0.1, 0.15) is 45.1 Å². The Hall–Kier alpha value is -2.20. The van der Waals surface area contributed by atoms with Gasteiger partial charge in [0.15, 0.2) is 22.5 Å². The molecular formula is C19H24N4O2S. The molecule has 1 atom stereocenters. The minimum Gasteiger partial charge on any atom is -0.493 e. The maximum absolute atomic E-state index is 9.19. The third kappa shape index (κ3) is 3.80. The van der Waals surface area contributed by atoms with Gasteiger partial charge in [-0.1, -0.05) is 31.0 Å². The number of methoxy groups -OCH3 is 2. The Morgan fingerprint density at radius 2 is 1.88 bits per heavy atom. The molecule has 0 spiro atoms. The van der Waals surface area contributed by atoms with Crippen LogP contribution in [0.15, 0.2) is 23.4 Å². The van der Waals surface area contributed by atoms with E-state index in [1.165, 1.54) is 31.0 Å². The second kappa shape index (κ2) is 8.45. The molecule has 138 valence electrons. The van der Waals surface area contributed by atoms with Crippen molar-refractivity contribution in [2.24, 2.45) is 0 Å². The summed E-state index contributed by atoms with van der Waals surface area (Å²) >= 11 is 1.47. The van der Waals surface area contributed by atoms with Crippen molar-refractivity contribution in [3.05, 3.63) is 18.2 Å². The van der Waals surface area contributed by atoms with Gasteiger partial charge in [-0.15, -0.1) is 10.2 Å². The molecular weight excluding hydrogens is 348 g/mol. The van der Waals surface area contributed by atoms with Crippen molar-refractivity contribution < 1.29 is 9.47 Å². The third-order valence-corrected chi connectivity index (χ3v) is 5.66. The Morgan fingerprint density at radius 3 is 2.54 bits per heavy atom. The van der Waals surface area contributed by atoms with Gasteiger partial charge in [-0.25, -0.2) is 0 Å². The van der Waals surface area contributed by atoms with Crippen molar-refractivity contribution in [1.29, 1.82) is 5.26 Å². The van der Waals surface area contributed by atoms with Crippen LogP contribution in [0, 0.1) is 11.3 Å². The highest BCUT2D eigenvalue weighted by molar-refractivity contribution is 8.00. The van der Waals surface area contributed by atoms with Gasteiger partial charge in [-0.2, -0.15) is 5.26 Å². The fraction of sp³-hybridized carbons (Fsp3) is 0.526. The number of hydrogen-bond donors (Lipinski definition) is 0. The van der Waals surface area contributed by atoms with Gasteiger partial charge in [-0.3, -0.25) is 4.57 Å². The van der Waals surface area contributed by atoms with E-state index in [0.717, 1.165) is 29.4 Å². The lowest BCUT2D eigenvalue weighted by molar-refractivity contribution is 0.339. The van der Waals surface area contributed by atoms with Crippen LogP contribution >= 0.6 is 11.8 Å². The van der Waals surface area contributed by atoms with Crippen molar-refractivity contribution in [2.45, 2.75) is 55.5 Å². The molecule has 1 aromatic carbocycles. The number of nitriles is 1. The lowest BCUT2D eigenvalue weighted by Crippen LogP contribution is -2.15. The van der Waals surface area contributed by atoms with Crippen molar-refractivity contribution in [3.8, 4) is 29.0 Å². The standard InChI is InChI=1S/C19H24N4O2S/c1-13(12-20)26-19-22-21-18(23(19)15-7-5-4-6-8-15)14-9-10-16(24-2)17(11-14)25-3/h9-11,13,15H,4-8H2,1-3H3/t13-/m1/s1. The molecule has 0 bridgehead atoms. The summed E-state index contributed by atoms with van der Waals surface area (Å²) in [5, 5.41) is 18.7. The number of aromatic nitrogens is 3. The smallest absolute Gasteiger partial charge is 0.193 e. The average Bonchev–Trinajstić information content (AvgIpc) is 3.11. The lowest BCUT2D eigenvalue weighted by atomic mass is 9.95. The van der Waals surface area contributed by atoms with Crippen LogP contribution in [0.3, 0.4) is 0 Å². The number of ether oxygens (including phenoxy) is 2. The van der Waals surface area contributed by atoms with Crippen molar-refractivity contribution in [3.63, 3.8) is 0 Å². The second-order valence-corrected chi connectivity index (χ2v) is 7.73. The van der Waals surface area contributed by atoms with Gasteiger partial charge in [0, 0.05) is 11.6 Å². The average molecular weight is 372 g/mol. The Kier molecular flexibility index (Phi) is 6.04. The largest absolute Gasteiger partial charge is 0.493 e. The first-order valence-corrected chi connectivity index (χ1v) is 9.79. The van der Waals surface area contributed by atoms with Gasteiger partial charge in [0.2, 0.25) is 0 Å². The number of thioether (sulfide) groups is 1. The molecule has 0 radical (unpaired) electrons. The number of hydrogen-bond acceptors (Lipinski definition) is 6. The van der Waals surface area contributed by atoms with E-state index in [1.807, 2.05) is 25.1 Å². The molecule has 6 nitrogen and oxygen atoms in total. The van der Waals surface area contributed by atoms with E-state index in [4.69, 9.17) is 9.47 Å². The highest BCUT2D eigenvalue weighted by Crippen LogP contribution is 2.38. The Bertz CT molecular complexity index is 793. The predicted octanol–water partition coefficient (Wildman–Crippen LogP) is 4.47. The van der Waals surface area contributed by atoms with E-state index in [1.54, 1.807) is 14.2 Å². The number of nitrogens with zero attached hydrogens (tertiary/aromatic N) is 4. The number of benzene rings is 1. The van der Waals surface area contributed by atoms with E-state index in [9.17, 15) is 5.26 Å². The monoisotopic (exact) mass is 372 g/mol. The first-order chi connectivity index (χ1) is 12.7. The van der Waals surface area contributed by atoms with Crippen LogP contribution in [0.5, 0.6) is 11.5 Å². The molecule has 1 heterocycles. The lowest BCUT2D eigenvalue weighted by Gasteiger charge is -2.26. The molecule has 1 aliphatic carbocycles. The van der Waals surface area contributed by atoms with Crippen LogP contribution in [-0.2, 0) is 0 Å². The number of rotatable bonds is 6. The van der Waals surface area contributed by atoms with Gasteiger partial charge in [0.05, 0.1) is 25.5 Å². The van der Waals surface area contributed by atoms with Gasteiger partial charge >= 0.3 is 0 Å². The summed E-state index contributed by atoms with van der Waals surface area (Å²) in [6.45, 7) is 1.89. The molecule has 0 aliphatic heterocycles. The summed E-state index contributed by atoms with van der Waals surface area (Å²) in [4.78, 5) is 0. The van der Waals surface area contributed by atoms with Gasteiger partial charge in [0.25, 0.3) is 0 Å². The SMILES string of the molecule is COc1ccc(-c2nnc(S[C@H](C)C#N)n2C2CCCCC2)cc1OC. The summed E-state index contributed by atoms with van der Waals surface area (Å²) in [5.74, 6) is 2.18. The maximum atomic E-state index is 9.19. The van der Waals surface area contributed by atoms with Crippen LogP contribution in [0.25, 0.3) is 11.4 Å². The maximum Gasteiger partial charge on any atom is 0.193 e. The highest BCUT2D eigenvalue weighted by Gasteiger charge is 2.25. The van der Waals surface area contributed by atoms with E-state index >= 15 is 0 Å². The van der Waals surface area contributed by atoms with Crippen LogP contribution in [0.4, 0.5) is 0 Å². The molecule has 26 heavy (non-hydrogen) atoms. The quantitative estimate of drug-likeness (QED) is 0.697. The molecule has 1 aromatic heterocycles. The highest BCUT2D eigenvalue weighted by atomic mass is 32.2. The van der Waals surface area contributed by atoms with Crippen molar-refractivity contribution in [2.75, 3.05) is 14.2 Å². The third-order valence-electron chi connectivity index (χ3n) is 4.71. The zero-order valence-corrected chi connectivity index (χ0v) is 16.3. The van der Waals surface area contributed by atoms with Gasteiger partial charge in [0.1, 0.15) is 0 Å². The predicted molar refractivity (Wildman–Crippen MR) is 102 cm³/mol. The molecule has 0 unspecified atom stereocenters. The summed E-state index contributed by atoms with van der Waals surface area (Å²) in [6.07, 6.45) is 5.94. The Labute approximate surface area is 158 Å². The van der Waals surface area contributed by atoms with Gasteiger partial charge < -0.3 is 9.47 Å². The summed E-state index contributed by atoms with van der Waals surface area (Å²) < 4.78 is 13.0. The fourth-order valence-corrected chi connectivity index (χ4v) is 4.19. The Morgan fingerprint density at radius 1 is 1.15 bits per heavy atom. The molecule has 0 saturated heterocycles. The van der Waals surface area contributed by atoms with Crippen LogP contribution in [-0.4, -0.2) is 34.2 Å². The fourth-order valence-electron chi connectivity index (χ4n) is 3.38. The first kappa shape index (κ1) is 18.6. The molecule has 7 heteroatoms. The molecule has 0 amide bonds. The zero-order valence-electron chi connectivity index (χ0n) is 15.4. The second-order valence-electron chi connectivity index (χ2n) is 6.43.